The summed E-state index contributed by atoms with van der Waals surface area (Å²) in [6.07, 6.45) is 0. The van der Waals surface area contributed by atoms with Crippen LogP contribution in [0.3, 0.4) is 0 Å². The molecule has 0 aliphatic rings. The molecule has 0 heterocycles. The Labute approximate surface area is 129 Å². The van der Waals surface area contributed by atoms with Gasteiger partial charge in [-0.3, -0.25) is 0 Å². The van der Waals surface area contributed by atoms with Gasteiger partial charge in [-0.15, -0.1) is 30.6 Å². The van der Waals surface area contributed by atoms with Crippen LogP contribution in [-0.2, 0) is 0 Å². The average molecular weight is 435 g/mol. The fraction of sp³-hybridized carbons (Fsp3) is 1.00. The van der Waals surface area contributed by atoms with Gasteiger partial charge in [0.1, 0.15) is 13.4 Å². The lowest BCUT2D eigenvalue weighted by molar-refractivity contribution is 1.23. The second-order valence-corrected chi connectivity index (χ2v) is 41.0. The van der Waals surface area contributed by atoms with Gasteiger partial charge < -0.3 is 0 Å². The molecule has 0 unspecified atom stereocenters. The molecule has 0 rings (SSSR count). The molecule has 0 aromatic heterocycles. The van der Waals surface area contributed by atoms with Crippen molar-refractivity contribution in [2.75, 3.05) is 0 Å². The summed E-state index contributed by atoms with van der Waals surface area (Å²) >= 11 is 8.45. The van der Waals surface area contributed by atoms with Crippen molar-refractivity contribution in [3.8, 4) is 0 Å². The Kier molecular flexibility index (Phi) is 5.52. The quantitative estimate of drug-likeness (QED) is 0.364. The van der Waals surface area contributed by atoms with Crippen molar-refractivity contribution in [3.05, 3.63) is 0 Å². The molecule has 0 radical (unpaired) electrons. The maximum Gasteiger partial charge on any atom is 0.123 e. The van der Waals surface area contributed by atoms with Crippen LogP contribution in [0.15, 0.2) is 0 Å². The summed E-state index contributed by atoms with van der Waals surface area (Å²) in [6, 6.07) is 0. The molecular weight excluding hydrogens is 404 g/mol. The van der Waals surface area contributed by atoms with Gasteiger partial charge in [-0.05, 0) is 3.91 Å². The maximum atomic E-state index is 4.22. The van der Waals surface area contributed by atoms with Crippen LogP contribution in [-0.4, -0.2) is 29.5 Å². The molecule has 6 heteroatoms. The van der Waals surface area contributed by atoms with E-state index in [2.05, 4.69) is 96.1 Å². The van der Waals surface area contributed by atoms with E-state index in [1.54, 1.807) is 0 Å². The van der Waals surface area contributed by atoms with Crippen LogP contribution in [0.2, 0.25) is 69.4 Å². The second kappa shape index (κ2) is 4.98. The first-order valence-corrected chi connectivity index (χ1v) is 23.9. The van der Waals surface area contributed by atoms with Gasteiger partial charge >= 0.3 is 0 Å². The third-order valence-corrected chi connectivity index (χ3v) is 47.0. The molecule has 0 atom stereocenters. The van der Waals surface area contributed by atoms with Crippen molar-refractivity contribution in [1.82, 2.24) is 0 Å². The summed E-state index contributed by atoms with van der Waals surface area (Å²) in [5.41, 5.74) is 0. The van der Waals surface area contributed by atoms with Crippen molar-refractivity contribution >= 4 is 60.1 Å². The molecule has 0 fully saturated rings. The Morgan fingerprint density at radius 2 is 0.706 bits per heavy atom. The third kappa shape index (κ3) is 3.12. The monoisotopic (exact) mass is 432 g/mol. The molecule has 17 heavy (non-hydrogen) atoms. The third-order valence-electron chi connectivity index (χ3n) is 4.03. The fourth-order valence-electron chi connectivity index (χ4n) is 5.40. The van der Waals surface area contributed by atoms with Crippen molar-refractivity contribution < 1.29 is 0 Å². The lowest BCUT2D eigenvalue weighted by Gasteiger charge is -2.63. The molecule has 0 aromatic carbocycles. The predicted octanol–water partition coefficient (Wildman–Crippen LogP) is 6.22. The van der Waals surface area contributed by atoms with Crippen molar-refractivity contribution in [2.24, 2.45) is 0 Å². The van der Waals surface area contributed by atoms with E-state index in [0.717, 1.165) is 0 Å². The standard InChI is InChI=1S/C11H30Br2Si4/c1-14(2,3)11(15(4,5)6,16(7,8)12)17(9,10)13/h1-10H3. The normalized spacial score (nSPS) is 16.2. The van der Waals surface area contributed by atoms with E-state index < -0.39 is 29.5 Å². The lowest BCUT2D eigenvalue weighted by Crippen LogP contribution is -2.73. The Hall–Kier alpha value is 1.83. The predicted molar refractivity (Wildman–Crippen MR) is 102 cm³/mol. The molecule has 0 aromatic rings. The van der Waals surface area contributed by atoms with E-state index in [0.29, 0.717) is 3.91 Å². The molecular formula is C11H30Br2Si4. The highest BCUT2D eigenvalue weighted by Crippen LogP contribution is 2.62. The molecule has 0 amide bonds. The van der Waals surface area contributed by atoms with E-state index in [4.69, 9.17) is 0 Å². The summed E-state index contributed by atoms with van der Waals surface area (Å²) in [5, 5.41) is 0. The van der Waals surface area contributed by atoms with Crippen molar-refractivity contribution in [3.63, 3.8) is 0 Å². The van der Waals surface area contributed by atoms with Gasteiger partial charge in [-0.1, -0.05) is 65.5 Å². The molecule has 0 saturated heterocycles. The zero-order chi connectivity index (χ0) is 14.5. The van der Waals surface area contributed by atoms with Gasteiger partial charge in [-0.2, -0.15) is 0 Å². The SMILES string of the molecule is C[Si](C)(C)C([Si](C)(C)C)([Si](C)(C)Br)[Si](C)(C)Br. The summed E-state index contributed by atoms with van der Waals surface area (Å²) in [7, 11) is -2.50. The number of halogens is 2. The molecule has 0 nitrogen and oxygen atoms in total. The number of rotatable bonds is 4. The Morgan fingerprint density at radius 1 is 0.529 bits per heavy atom. The Bertz CT molecular complexity index is 214. The highest BCUT2D eigenvalue weighted by molar-refractivity contribution is 9.28. The van der Waals surface area contributed by atoms with Crippen molar-refractivity contribution in [1.29, 1.82) is 0 Å². The van der Waals surface area contributed by atoms with Crippen LogP contribution in [0.1, 0.15) is 0 Å². The fourth-order valence-corrected chi connectivity index (χ4v) is 81.3. The van der Waals surface area contributed by atoms with Gasteiger partial charge in [0.05, 0.1) is 0 Å². The van der Waals surface area contributed by atoms with Gasteiger partial charge in [0, 0.05) is 16.1 Å². The smallest absolute Gasteiger partial charge is 0.123 e. The summed E-state index contributed by atoms with van der Waals surface area (Å²) in [6.45, 7) is 22.9. The lowest BCUT2D eigenvalue weighted by atomic mass is 11.6. The van der Waals surface area contributed by atoms with E-state index >= 15 is 0 Å². The van der Waals surface area contributed by atoms with Crippen LogP contribution < -0.4 is 0 Å². The number of hydrogen-bond acceptors (Lipinski definition) is 0. The van der Waals surface area contributed by atoms with E-state index in [-0.39, 0.29) is 0 Å². The molecule has 0 aliphatic carbocycles. The minimum absolute atomic E-state index is 0.639. The van der Waals surface area contributed by atoms with Gasteiger partial charge in [0.25, 0.3) is 0 Å². The van der Waals surface area contributed by atoms with Crippen LogP contribution in [0.25, 0.3) is 0 Å². The highest BCUT2D eigenvalue weighted by Gasteiger charge is 2.67. The zero-order valence-corrected chi connectivity index (χ0v) is 20.4. The summed E-state index contributed by atoms with van der Waals surface area (Å²) in [5.74, 6) is 0. The minimum atomic E-state index is -1.39. The number of hydrogen-bond donors (Lipinski definition) is 0. The Balaban J connectivity index is 6.37. The van der Waals surface area contributed by atoms with Gasteiger partial charge in [0.15, 0.2) is 0 Å². The Morgan fingerprint density at radius 3 is 0.706 bits per heavy atom. The molecule has 0 aliphatic heterocycles. The van der Waals surface area contributed by atoms with Gasteiger partial charge in [0.2, 0.25) is 0 Å². The topological polar surface area (TPSA) is 0 Å². The zero-order valence-electron chi connectivity index (χ0n) is 13.3. The van der Waals surface area contributed by atoms with Crippen LogP contribution >= 0.6 is 30.6 Å². The molecule has 0 N–H and O–H groups in total. The van der Waals surface area contributed by atoms with E-state index in [1.165, 1.54) is 0 Å². The van der Waals surface area contributed by atoms with Crippen molar-refractivity contribution in [2.45, 2.75) is 69.4 Å². The average Bonchev–Trinajstić information content (AvgIpc) is 1.67. The maximum absolute atomic E-state index is 4.22. The first-order chi connectivity index (χ1) is 7.00. The molecule has 104 valence electrons. The highest BCUT2D eigenvalue weighted by atomic mass is 79.9. The molecule has 0 bridgehead atoms. The first-order valence-electron chi connectivity index (χ1n) is 6.38. The summed E-state index contributed by atoms with van der Waals surface area (Å²) in [4.78, 5) is 0. The van der Waals surface area contributed by atoms with E-state index in [9.17, 15) is 0 Å². The van der Waals surface area contributed by atoms with Crippen LogP contribution in [0.4, 0.5) is 0 Å². The van der Waals surface area contributed by atoms with Crippen LogP contribution in [0.5, 0.6) is 0 Å². The molecule has 0 spiro atoms. The van der Waals surface area contributed by atoms with Crippen LogP contribution in [0, 0.1) is 0 Å². The van der Waals surface area contributed by atoms with Gasteiger partial charge in [-0.25, -0.2) is 0 Å². The molecule has 0 saturated carbocycles. The summed E-state index contributed by atoms with van der Waals surface area (Å²) < 4.78 is 0.639. The largest absolute Gasteiger partial charge is 0.127 e. The first kappa shape index (κ1) is 18.8. The second-order valence-electron chi connectivity index (χ2n) is 8.19. The van der Waals surface area contributed by atoms with E-state index in [1.807, 2.05) is 0 Å². The minimum Gasteiger partial charge on any atom is -0.127 e.